The zero-order valence-corrected chi connectivity index (χ0v) is 10.8. The molecule has 0 aromatic rings. The summed E-state index contributed by atoms with van der Waals surface area (Å²) in [4.78, 5) is 25.8. The van der Waals surface area contributed by atoms with Crippen molar-refractivity contribution in [1.82, 2.24) is 15.5 Å². The van der Waals surface area contributed by atoms with Gasteiger partial charge in [-0.25, -0.2) is 4.79 Å². The molecule has 1 amide bonds. The van der Waals surface area contributed by atoms with Crippen LogP contribution in [-0.2, 0) is 14.3 Å². The van der Waals surface area contributed by atoms with Gasteiger partial charge >= 0.3 is 5.97 Å². The molecule has 2 heterocycles. The Morgan fingerprint density at radius 1 is 1.17 bits per heavy atom. The predicted molar refractivity (Wildman–Crippen MR) is 66.0 cm³/mol. The minimum Gasteiger partial charge on any atom is -0.467 e. The summed E-state index contributed by atoms with van der Waals surface area (Å²) in [5, 5.41) is 6.37. The van der Waals surface area contributed by atoms with Crippen LogP contribution >= 0.6 is 0 Å². The molecule has 1 atom stereocenters. The highest BCUT2D eigenvalue weighted by Gasteiger charge is 2.36. The minimum absolute atomic E-state index is 0.0523. The SMILES string of the molecule is COC(=O)C1CNCCN1C(=O)C1CCNCC1. The number of esters is 1. The van der Waals surface area contributed by atoms with E-state index in [4.69, 9.17) is 4.74 Å². The van der Waals surface area contributed by atoms with Gasteiger partial charge in [-0.2, -0.15) is 0 Å². The van der Waals surface area contributed by atoms with Crippen LogP contribution in [0.2, 0.25) is 0 Å². The van der Waals surface area contributed by atoms with Gasteiger partial charge in [-0.3, -0.25) is 4.79 Å². The molecule has 2 aliphatic rings. The van der Waals surface area contributed by atoms with Gasteiger partial charge in [0.2, 0.25) is 5.91 Å². The van der Waals surface area contributed by atoms with Gasteiger partial charge in [-0.15, -0.1) is 0 Å². The fourth-order valence-electron chi connectivity index (χ4n) is 2.62. The summed E-state index contributed by atoms with van der Waals surface area (Å²) >= 11 is 0. The number of amides is 1. The largest absolute Gasteiger partial charge is 0.467 e. The fourth-order valence-corrected chi connectivity index (χ4v) is 2.62. The maximum atomic E-state index is 12.4. The van der Waals surface area contributed by atoms with E-state index in [1.54, 1.807) is 4.90 Å². The molecule has 0 spiro atoms. The number of methoxy groups -OCH3 is 1. The molecule has 102 valence electrons. The van der Waals surface area contributed by atoms with E-state index in [1.807, 2.05) is 0 Å². The van der Waals surface area contributed by atoms with Crippen LogP contribution in [-0.4, -0.2) is 62.7 Å². The van der Waals surface area contributed by atoms with Crippen LogP contribution < -0.4 is 10.6 Å². The van der Waals surface area contributed by atoms with Crippen molar-refractivity contribution in [1.29, 1.82) is 0 Å². The number of ether oxygens (including phenoxy) is 1. The molecule has 2 fully saturated rings. The van der Waals surface area contributed by atoms with Crippen molar-refractivity contribution in [2.75, 3.05) is 39.8 Å². The second kappa shape index (κ2) is 6.15. The fraction of sp³-hybridized carbons (Fsp3) is 0.833. The van der Waals surface area contributed by atoms with Crippen molar-refractivity contribution in [3.63, 3.8) is 0 Å². The number of piperazine rings is 1. The topological polar surface area (TPSA) is 70.7 Å². The van der Waals surface area contributed by atoms with E-state index in [0.717, 1.165) is 32.5 Å². The summed E-state index contributed by atoms with van der Waals surface area (Å²) in [5.74, 6) is -0.172. The molecule has 0 aromatic heterocycles. The van der Waals surface area contributed by atoms with E-state index in [1.165, 1.54) is 7.11 Å². The molecule has 0 aromatic carbocycles. The quantitative estimate of drug-likeness (QED) is 0.617. The number of carbonyl (C=O) groups is 2. The summed E-state index contributed by atoms with van der Waals surface area (Å²) in [6.45, 7) is 3.58. The second-order valence-electron chi connectivity index (χ2n) is 4.80. The third-order valence-corrected chi connectivity index (χ3v) is 3.69. The van der Waals surface area contributed by atoms with Crippen LogP contribution in [0.5, 0.6) is 0 Å². The average molecular weight is 255 g/mol. The van der Waals surface area contributed by atoms with Crippen molar-refractivity contribution in [3.8, 4) is 0 Å². The first kappa shape index (κ1) is 13.3. The third-order valence-electron chi connectivity index (χ3n) is 3.69. The Morgan fingerprint density at radius 2 is 1.89 bits per heavy atom. The summed E-state index contributed by atoms with van der Waals surface area (Å²) in [6, 6.07) is -0.467. The maximum absolute atomic E-state index is 12.4. The summed E-state index contributed by atoms with van der Waals surface area (Å²) < 4.78 is 4.77. The lowest BCUT2D eigenvalue weighted by Crippen LogP contribution is -2.59. The minimum atomic E-state index is -0.467. The van der Waals surface area contributed by atoms with Crippen LogP contribution in [0.4, 0.5) is 0 Å². The van der Waals surface area contributed by atoms with Crippen molar-refractivity contribution in [2.45, 2.75) is 18.9 Å². The first-order chi connectivity index (χ1) is 8.74. The Balaban J connectivity index is 2.03. The third kappa shape index (κ3) is 2.81. The Kier molecular flexibility index (Phi) is 4.54. The van der Waals surface area contributed by atoms with Crippen LogP contribution in [0.15, 0.2) is 0 Å². The molecule has 2 rings (SSSR count). The molecule has 2 saturated heterocycles. The van der Waals surface area contributed by atoms with Gasteiger partial charge in [0, 0.05) is 25.6 Å². The molecule has 2 N–H and O–H groups in total. The molecule has 0 saturated carbocycles. The van der Waals surface area contributed by atoms with E-state index in [-0.39, 0.29) is 17.8 Å². The number of nitrogens with one attached hydrogen (secondary N) is 2. The van der Waals surface area contributed by atoms with Crippen LogP contribution in [0.1, 0.15) is 12.8 Å². The molecule has 0 aliphatic carbocycles. The molecule has 6 heteroatoms. The molecule has 1 unspecified atom stereocenters. The van der Waals surface area contributed by atoms with Gasteiger partial charge in [-0.1, -0.05) is 0 Å². The highest BCUT2D eigenvalue weighted by Crippen LogP contribution is 2.18. The molecule has 0 radical (unpaired) electrons. The average Bonchev–Trinajstić information content (AvgIpc) is 2.46. The number of nitrogens with zero attached hydrogens (tertiary/aromatic N) is 1. The Bertz CT molecular complexity index is 316. The number of piperidine rings is 1. The van der Waals surface area contributed by atoms with Gasteiger partial charge in [0.25, 0.3) is 0 Å². The summed E-state index contributed by atoms with van der Waals surface area (Å²) in [5.41, 5.74) is 0. The second-order valence-corrected chi connectivity index (χ2v) is 4.80. The lowest BCUT2D eigenvalue weighted by molar-refractivity contribution is -0.155. The lowest BCUT2D eigenvalue weighted by Gasteiger charge is -2.37. The van der Waals surface area contributed by atoms with E-state index < -0.39 is 6.04 Å². The van der Waals surface area contributed by atoms with Gasteiger partial charge < -0.3 is 20.3 Å². The molecule has 6 nitrogen and oxygen atoms in total. The monoisotopic (exact) mass is 255 g/mol. The Labute approximate surface area is 107 Å². The number of rotatable bonds is 2. The summed E-state index contributed by atoms with van der Waals surface area (Å²) in [7, 11) is 1.37. The molecule has 18 heavy (non-hydrogen) atoms. The van der Waals surface area contributed by atoms with E-state index in [0.29, 0.717) is 13.1 Å². The Morgan fingerprint density at radius 3 is 2.56 bits per heavy atom. The Hall–Kier alpha value is -1.14. The number of hydrogen-bond donors (Lipinski definition) is 2. The lowest BCUT2D eigenvalue weighted by atomic mass is 9.95. The van der Waals surface area contributed by atoms with Crippen LogP contribution in [0.3, 0.4) is 0 Å². The molecule has 0 bridgehead atoms. The van der Waals surface area contributed by atoms with E-state index >= 15 is 0 Å². The predicted octanol–water partition coefficient (Wildman–Crippen LogP) is -1.04. The van der Waals surface area contributed by atoms with Crippen molar-refractivity contribution in [3.05, 3.63) is 0 Å². The first-order valence-electron chi connectivity index (χ1n) is 6.53. The van der Waals surface area contributed by atoms with Crippen molar-refractivity contribution < 1.29 is 14.3 Å². The molecule has 2 aliphatic heterocycles. The number of hydrogen-bond acceptors (Lipinski definition) is 5. The van der Waals surface area contributed by atoms with Gasteiger partial charge in [-0.05, 0) is 25.9 Å². The van der Waals surface area contributed by atoms with Crippen molar-refractivity contribution >= 4 is 11.9 Å². The maximum Gasteiger partial charge on any atom is 0.329 e. The highest BCUT2D eigenvalue weighted by atomic mass is 16.5. The number of carbonyl (C=O) groups excluding carboxylic acids is 2. The smallest absolute Gasteiger partial charge is 0.329 e. The van der Waals surface area contributed by atoms with Gasteiger partial charge in [0.1, 0.15) is 6.04 Å². The van der Waals surface area contributed by atoms with E-state index in [9.17, 15) is 9.59 Å². The van der Waals surface area contributed by atoms with Crippen LogP contribution in [0.25, 0.3) is 0 Å². The zero-order chi connectivity index (χ0) is 13.0. The standard InChI is InChI=1S/C12H21N3O3/c1-18-12(17)10-8-14-6-7-15(10)11(16)9-2-4-13-5-3-9/h9-10,13-14H,2-8H2,1H3. The van der Waals surface area contributed by atoms with Crippen molar-refractivity contribution in [2.24, 2.45) is 5.92 Å². The molecular formula is C12H21N3O3. The van der Waals surface area contributed by atoms with Crippen LogP contribution in [0, 0.1) is 5.92 Å². The highest BCUT2D eigenvalue weighted by molar-refractivity contribution is 5.86. The first-order valence-corrected chi connectivity index (χ1v) is 6.53. The zero-order valence-electron chi connectivity index (χ0n) is 10.8. The summed E-state index contributed by atoms with van der Waals surface area (Å²) in [6.07, 6.45) is 1.72. The normalized spacial score (nSPS) is 25.8. The van der Waals surface area contributed by atoms with Gasteiger partial charge in [0.05, 0.1) is 7.11 Å². The van der Waals surface area contributed by atoms with E-state index in [2.05, 4.69) is 10.6 Å². The van der Waals surface area contributed by atoms with Gasteiger partial charge in [0.15, 0.2) is 0 Å². The molecular weight excluding hydrogens is 234 g/mol.